The Kier molecular flexibility index (Phi) is 2.73. The van der Waals surface area contributed by atoms with Gasteiger partial charge in [0.2, 0.25) is 0 Å². The van der Waals surface area contributed by atoms with Crippen molar-refractivity contribution in [2.75, 3.05) is 6.61 Å². The molecule has 0 aromatic carbocycles. The predicted molar refractivity (Wildman–Crippen MR) is 58.9 cm³/mol. The molecular formula is C10H9N3O4. The summed E-state index contributed by atoms with van der Waals surface area (Å²) in [6, 6.07) is 1.33. The van der Waals surface area contributed by atoms with Gasteiger partial charge in [-0.2, -0.15) is 0 Å². The van der Waals surface area contributed by atoms with Crippen LogP contribution in [0.3, 0.4) is 0 Å². The monoisotopic (exact) mass is 235 g/mol. The Labute approximate surface area is 94.5 Å². The molecule has 7 heteroatoms. The Balaban J connectivity index is 2.62. The molecule has 0 radical (unpaired) electrons. The number of H-pyrrole nitrogens is 2. The number of nitrogens with one attached hydrogen (secondary N) is 2. The van der Waals surface area contributed by atoms with Crippen LogP contribution >= 0.6 is 0 Å². The first kappa shape index (κ1) is 11.1. The summed E-state index contributed by atoms with van der Waals surface area (Å²) in [5.41, 5.74) is -0.940. The Hall–Kier alpha value is -2.44. The van der Waals surface area contributed by atoms with Crippen LogP contribution in [-0.2, 0) is 4.74 Å². The van der Waals surface area contributed by atoms with Crippen molar-refractivity contribution in [2.24, 2.45) is 0 Å². The van der Waals surface area contributed by atoms with E-state index >= 15 is 0 Å². The highest BCUT2D eigenvalue weighted by molar-refractivity contribution is 5.92. The fourth-order valence-corrected chi connectivity index (χ4v) is 1.37. The lowest BCUT2D eigenvalue weighted by Crippen LogP contribution is -2.22. The molecule has 0 aliphatic carbocycles. The van der Waals surface area contributed by atoms with E-state index in [0.717, 1.165) is 0 Å². The minimum Gasteiger partial charge on any atom is -0.462 e. The molecule has 0 amide bonds. The molecule has 0 aliphatic heterocycles. The van der Waals surface area contributed by atoms with Crippen molar-refractivity contribution in [1.82, 2.24) is 15.0 Å². The van der Waals surface area contributed by atoms with Crippen LogP contribution in [0.15, 0.2) is 21.9 Å². The number of hydrogen-bond donors (Lipinski definition) is 2. The Morgan fingerprint density at radius 1 is 1.41 bits per heavy atom. The number of aromatic nitrogens is 3. The zero-order chi connectivity index (χ0) is 12.4. The van der Waals surface area contributed by atoms with Crippen LogP contribution in [0, 0.1) is 0 Å². The van der Waals surface area contributed by atoms with E-state index in [2.05, 4.69) is 15.0 Å². The van der Waals surface area contributed by atoms with E-state index in [1.54, 1.807) is 6.92 Å². The van der Waals surface area contributed by atoms with E-state index in [-0.39, 0.29) is 23.2 Å². The summed E-state index contributed by atoms with van der Waals surface area (Å²) in [6.07, 6.45) is 1.25. The van der Waals surface area contributed by atoms with Gasteiger partial charge in [0, 0.05) is 6.20 Å². The van der Waals surface area contributed by atoms with Gasteiger partial charge < -0.3 is 4.74 Å². The molecule has 17 heavy (non-hydrogen) atoms. The van der Waals surface area contributed by atoms with Gasteiger partial charge in [-0.1, -0.05) is 0 Å². The molecule has 88 valence electrons. The van der Waals surface area contributed by atoms with Crippen LogP contribution in [-0.4, -0.2) is 27.5 Å². The number of carbonyl (C=O) groups is 1. The molecule has 2 rings (SSSR count). The molecule has 0 saturated heterocycles. The molecule has 2 aromatic heterocycles. The van der Waals surface area contributed by atoms with Crippen LogP contribution in [0.4, 0.5) is 0 Å². The van der Waals surface area contributed by atoms with Crippen LogP contribution < -0.4 is 11.2 Å². The van der Waals surface area contributed by atoms with Gasteiger partial charge in [-0.05, 0) is 13.0 Å². The van der Waals surface area contributed by atoms with E-state index in [1.807, 2.05) is 0 Å². The van der Waals surface area contributed by atoms with Gasteiger partial charge in [-0.15, -0.1) is 0 Å². The Morgan fingerprint density at radius 2 is 2.18 bits per heavy atom. The zero-order valence-corrected chi connectivity index (χ0v) is 8.94. The average molecular weight is 235 g/mol. The summed E-state index contributed by atoms with van der Waals surface area (Å²) in [5.74, 6) is -0.563. The van der Waals surface area contributed by atoms with E-state index < -0.39 is 17.2 Å². The molecule has 0 aliphatic rings. The highest BCUT2D eigenvalue weighted by Crippen LogP contribution is 2.06. The first-order valence-electron chi connectivity index (χ1n) is 4.91. The number of esters is 1. The average Bonchev–Trinajstić information content (AvgIpc) is 2.28. The van der Waals surface area contributed by atoms with Crippen LogP contribution in [0.25, 0.3) is 11.0 Å². The fraction of sp³-hybridized carbons (Fsp3) is 0.200. The molecule has 2 N–H and O–H groups in total. The molecule has 7 nitrogen and oxygen atoms in total. The second-order valence-electron chi connectivity index (χ2n) is 3.25. The van der Waals surface area contributed by atoms with Crippen molar-refractivity contribution >= 4 is 17.0 Å². The molecule has 0 atom stereocenters. The van der Waals surface area contributed by atoms with Crippen LogP contribution in [0.2, 0.25) is 0 Å². The number of nitrogens with zero attached hydrogens (tertiary/aromatic N) is 1. The number of carbonyl (C=O) groups excluding carboxylic acids is 1. The largest absolute Gasteiger partial charge is 0.462 e. The minimum absolute atomic E-state index is 0.131. The zero-order valence-electron chi connectivity index (χ0n) is 8.94. The quantitative estimate of drug-likeness (QED) is 0.700. The molecule has 0 fully saturated rings. The van der Waals surface area contributed by atoms with Crippen molar-refractivity contribution in [2.45, 2.75) is 6.92 Å². The molecule has 0 spiro atoms. The summed E-state index contributed by atoms with van der Waals surface area (Å²) in [5, 5.41) is 0.134. The van der Waals surface area contributed by atoms with Gasteiger partial charge in [0.25, 0.3) is 5.56 Å². The van der Waals surface area contributed by atoms with E-state index in [9.17, 15) is 14.4 Å². The molecule has 2 heterocycles. The lowest BCUT2D eigenvalue weighted by molar-refractivity contribution is 0.0526. The number of ether oxygens (including phenoxy) is 1. The van der Waals surface area contributed by atoms with Gasteiger partial charge in [-0.25, -0.2) is 14.6 Å². The highest BCUT2D eigenvalue weighted by atomic mass is 16.5. The number of fused-ring (bicyclic) bond motifs is 1. The first-order chi connectivity index (χ1) is 8.11. The number of aromatic amines is 2. The van der Waals surface area contributed by atoms with Crippen molar-refractivity contribution in [3.8, 4) is 0 Å². The molecule has 2 aromatic rings. The lowest BCUT2D eigenvalue weighted by Gasteiger charge is -2.01. The van der Waals surface area contributed by atoms with Gasteiger partial charge in [0.1, 0.15) is 5.65 Å². The van der Waals surface area contributed by atoms with Gasteiger partial charge >= 0.3 is 11.7 Å². The predicted octanol–water partition coefficient (Wildman–Crippen LogP) is -0.212. The third-order valence-electron chi connectivity index (χ3n) is 2.10. The fourth-order valence-electron chi connectivity index (χ4n) is 1.37. The van der Waals surface area contributed by atoms with Gasteiger partial charge in [-0.3, -0.25) is 14.8 Å². The van der Waals surface area contributed by atoms with Crippen molar-refractivity contribution in [3.63, 3.8) is 0 Å². The Morgan fingerprint density at radius 3 is 2.88 bits per heavy atom. The Bertz CT molecular complexity index is 686. The second kappa shape index (κ2) is 4.20. The SMILES string of the molecule is CCOC(=O)c1cnc2[nH]c(=O)[nH]c(=O)c2c1. The number of hydrogen-bond acceptors (Lipinski definition) is 5. The molecule has 0 unspecified atom stereocenters. The standard InChI is InChI=1S/C10H9N3O4/c1-2-17-9(15)5-3-6-7(11-4-5)12-10(16)13-8(6)14/h3-4H,2H2,1H3,(H2,11,12,13,14,16). The smallest absolute Gasteiger partial charge is 0.339 e. The summed E-state index contributed by atoms with van der Waals surface area (Å²) >= 11 is 0. The van der Waals surface area contributed by atoms with Crippen LogP contribution in [0.5, 0.6) is 0 Å². The second-order valence-corrected chi connectivity index (χ2v) is 3.25. The highest BCUT2D eigenvalue weighted by Gasteiger charge is 2.10. The third-order valence-corrected chi connectivity index (χ3v) is 2.10. The topological polar surface area (TPSA) is 105 Å². The van der Waals surface area contributed by atoms with Crippen molar-refractivity contribution in [1.29, 1.82) is 0 Å². The van der Waals surface area contributed by atoms with E-state index in [1.165, 1.54) is 12.3 Å². The molecular weight excluding hydrogens is 226 g/mol. The van der Waals surface area contributed by atoms with E-state index in [0.29, 0.717) is 0 Å². The first-order valence-corrected chi connectivity index (χ1v) is 4.91. The molecule has 0 bridgehead atoms. The molecule has 0 saturated carbocycles. The number of rotatable bonds is 2. The third kappa shape index (κ3) is 2.07. The van der Waals surface area contributed by atoms with E-state index in [4.69, 9.17) is 4.74 Å². The minimum atomic E-state index is -0.640. The van der Waals surface area contributed by atoms with Crippen molar-refractivity contribution < 1.29 is 9.53 Å². The van der Waals surface area contributed by atoms with Crippen molar-refractivity contribution in [3.05, 3.63) is 38.7 Å². The summed E-state index contributed by atoms with van der Waals surface area (Å²) in [7, 11) is 0. The summed E-state index contributed by atoms with van der Waals surface area (Å²) in [6.45, 7) is 1.91. The summed E-state index contributed by atoms with van der Waals surface area (Å²) < 4.78 is 4.78. The lowest BCUT2D eigenvalue weighted by atomic mass is 10.2. The van der Waals surface area contributed by atoms with Crippen LogP contribution in [0.1, 0.15) is 17.3 Å². The normalized spacial score (nSPS) is 10.4. The summed E-state index contributed by atoms with van der Waals surface area (Å²) in [4.78, 5) is 42.1. The maximum Gasteiger partial charge on any atom is 0.339 e. The maximum absolute atomic E-state index is 11.5. The van der Waals surface area contributed by atoms with Gasteiger partial charge in [0.05, 0.1) is 17.6 Å². The number of pyridine rings is 1. The van der Waals surface area contributed by atoms with Gasteiger partial charge in [0.15, 0.2) is 0 Å². The maximum atomic E-state index is 11.5.